The van der Waals surface area contributed by atoms with Gasteiger partial charge in [0.05, 0.1) is 11.0 Å². The third-order valence-electron chi connectivity index (χ3n) is 3.58. The minimum Gasteiger partial charge on any atom is -0.301 e. The molecule has 1 aromatic carbocycles. The lowest BCUT2D eigenvalue weighted by Crippen LogP contribution is -2.42. The number of aromatic nitrogens is 1. The standard InChI is InChI=1S/C13H13F2N3O3S2/c1-23(20,21)18-4-2-3-9(18)12(19)17-13-16-11-8(15)5-7(14)6-10(11)22-13/h5-6,9H,2-4H2,1H3,(H,16,17,19)/t9-/m0/s1. The van der Waals surface area contributed by atoms with Gasteiger partial charge >= 0.3 is 0 Å². The van der Waals surface area contributed by atoms with Crippen molar-refractivity contribution in [2.45, 2.75) is 18.9 Å². The summed E-state index contributed by atoms with van der Waals surface area (Å²) in [7, 11) is -3.48. The molecule has 1 atom stereocenters. The second kappa shape index (κ2) is 5.77. The van der Waals surface area contributed by atoms with Crippen molar-refractivity contribution in [3.63, 3.8) is 0 Å². The van der Waals surface area contributed by atoms with Gasteiger partial charge in [-0.1, -0.05) is 11.3 Å². The molecule has 10 heteroatoms. The summed E-state index contributed by atoms with van der Waals surface area (Å²) in [6.07, 6.45) is 2.05. The molecule has 6 nitrogen and oxygen atoms in total. The Balaban J connectivity index is 1.84. The largest absolute Gasteiger partial charge is 0.301 e. The van der Waals surface area contributed by atoms with Gasteiger partial charge in [0.2, 0.25) is 15.9 Å². The van der Waals surface area contributed by atoms with E-state index in [2.05, 4.69) is 10.3 Å². The molecule has 0 spiro atoms. The minimum absolute atomic E-state index is 0.0295. The first-order chi connectivity index (χ1) is 10.8. The quantitative estimate of drug-likeness (QED) is 0.906. The summed E-state index contributed by atoms with van der Waals surface area (Å²) >= 11 is 0.930. The van der Waals surface area contributed by atoms with Gasteiger partial charge < -0.3 is 5.32 Å². The zero-order valence-electron chi connectivity index (χ0n) is 12.0. The number of benzene rings is 1. The third-order valence-corrected chi connectivity index (χ3v) is 5.78. The van der Waals surface area contributed by atoms with Gasteiger partial charge in [-0.05, 0) is 18.9 Å². The molecule has 0 bridgehead atoms. The van der Waals surface area contributed by atoms with Crippen LogP contribution in [0.1, 0.15) is 12.8 Å². The lowest BCUT2D eigenvalue weighted by Gasteiger charge is -2.20. The number of hydrogen-bond donors (Lipinski definition) is 1. The number of fused-ring (bicyclic) bond motifs is 1. The lowest BCUT2D eigenvalue weighted by molar-refractivity contribution is -0.119. The second-order valence-electron chi connectivity index (χ2n) is 5.27. The first-order valence-corrected chi connectivity index (χ1v) is 9.45. The number of rotatable bonds is 3. The molecule has 1 amide bonds. The van der Waals surface area contributed by atoms with Gasteiger partial charge in [0, 0.05) is 12.6 Å². The molecule has 1 aliphatic rings. The molecule has 1 aromatic heterocycles. The summed E-state index contributed by atoms with van der Waals surface area (Å²) in [5.41, 5.74) is -0.0295. The van der Waals surface area contributed by atoms with Crippen molar-refractivity contribution in [3.05, 3.63) is 23.8 Å². The van der Waals surface area contributed by atoms with E-state index >= 15 is 0 Å². The van der Waals surface area contributed by atoms with Crippen molar-refractivity contribution in [2.24, 2.45) is 0 Å². The van der Waals surface area contributed by atoms with Gasteiger partial charge in [-0.2, -0.15) is 4.31 Å². The van der Waals surface area contributed by atoms with Crippen molar-refractivity contribution in [3.8, 4) is 0 Å². The van der Waals surface area contributed by atoms with Crippen molar-refractivity contribution >= 4 is 42.6 Å². The molecule has 124 valence electrons. The zero-order chi connectivity index (χ0) is 16.8. The number of thiazole rings is 1. The smallest absolute Gasteiger partial charge is 0.244 e. The Hall–Kier alpha value is -1.65. The highest BCUT2D eigenvalue weighted by Gasteiger charge is 2.36. The molecule has 0 unspecified atom stereocenters. The Morgan fingerprint density at radius 3 is 2.87 bits per heavy atom. The fourth-order valence-electron chi connectivity index (χ4n) is 2.60. The van der Waals surface area contributed by atoms with E-state index < -0.39 is 33.6 Å². The van der Waals surface area contributed by atoms with Gasteiger partial charge in [-0.25, -0.2) is 22.2 Å². The maximum atomic E-state index is 13.6. The molecule has 0 saturated carbocycles. The fourth-order valence-corrected chi connectivity index (χ4v) is 4.63. The predicted octanol–water partition coefficient (Wildman–Crippen LogP) is 1.94. The van der Waals surface area contributed by atoms with E-state index in [1.54, 1.807) is 0 Å². The molecule has 1 fully saturated rings. The van der Waals surface area contributed by atoms with Crippen molar-refractivity contribution in [2.75, 3.05) is 18.1 Å². The van der Waals surface area contributed by atoms with Crippen LogP contribution in [0.15, 0.2) is 12.1 Å². The number of carbonyl (C=O) groups is 1. The fraction of sp³-hybridized carbons (Fsp3) is 0.385. The Kier molecular flexibility index (Phi) is 4.07. The van der Waals surface area contributed by atoms with Crippen molar-refractivity contribution < 1.29 is 22.0 Å². The highest BCUT2D eigenvalue weighted by Crippen LogP contribution is 2.29. The van der Waals surface area contributed by atoms with Crippen molar-refractivity contribution in [1.82, 2.24) is 9.29 Å². The number of nitrogens with one attached hydrogen (secondary N) is 1. The molecule has 2 aromatic rings. The Bertz CT molecular complexity index is 882. The van der Waals surface area contributed by atoms with Crippen LogP contribution in [0.25, 0.3) is 10.2 Å². The van der Waals surface area contributed by atoms with Crippen LogP contribution in [-0.2, 0) is 14.8 Å². The zero-order valence-corrected chi connectivity index (χ0v) is 13.7. The van der Waals surface area contributed by atoms with Gasteiger partial charge in [0.1, 0.15) is 17.4 Å². The van der Waals surface area contributed by atoms with E-state index in [1.807, 2.05) is 0 Å². The van der Waals surface area contributed by atoms with Crippen LogP contribution < -0.4 is 5.32 Å². The van der Waals surface area contributed by atoms with E-state index in [0.717, 1.165) is 34.0 Å². The van der Waals surface area contributed by atoms with Gasteiger partial charge in [0.15, 0.2) is 10.9 Å². The Labute approximate surface area is 135 Å². The van der Waals surface area contributed by atoms with Gasteiger partial charge in [-0.3, -0.25) is 4.79 Å². The van der Waals surface area contributed by atoms with Crippen LogP contribution in [0, 0.1) is 11.6 Å². The van der Waals surface area contributed by atoms with E-state index in [-0.39, 0.29) is 21.9 Å². The monoisotopic (exact) mass is 361 g/mol. The number of nitrogens with zero attached hydrogens (tertiary/aromatic N) is 2. The summed E-state index contributed by atoms with van der Waals surface area (Å²) < 4.78 is 51.5. The van der Waals surface area contributed by atoms with Crippen LogP contribution in [0.2, 0.25) is 0 Å². The number of amides is 1. The number of hydrogen-bond acceptors (Lipinski definition) is 5. The summed E-state index contributed by atoms with van der Waals surface area (Å²) in [5, 5.41) is 2.60. The molecule has 1 N–H and O–H groups in total. The van der Waals surface area contributed by atoms with E-state index in [4.69, 9.17) is 0 Å². The molecule has 0 radical (unpaired) electrons. The normalized spacial score (nSPS) is 19.3. The molecule has 23 heavy (non-hydrogen) atoms. The van der Waals surface area contributed by atoms with E-state index in [0.29, 0.717) is 12.8 Å². The topological polar surface area (TPSA) is 79.4 Å². The first-order valence-electron chi connectivity index (χ1n) is 6.79. The van der Waals surface area contributed by atoms with E-state index in [1.165, 1.54) is 0 Å². The molecule has 1 aliphatic heterocycles. The predicted molar refractivity (Wildman–Crippen MR) is 82.7 cm³/mol. The minimum atomic E-state index is -3.48. The van der Waals surface area contributed by atoms with Gasteiger partial charge in [-0.15, -0.1) is 0 Å². The highest BCUT2D eigenvalue weighted by atomic mass is 32.2. The summed E-state index contributed by atoms with van der Waals surface area (Å²) in [6, 6.07) is 1.04. The Morgan fingerprint density at radius 1 is 1.43 bits per heavy atom. The van der Waals surface area contributed by atoms with E-state index in [9.17, 15) is 22.0 Å². The Morgan fingerprint density at radius 2 is 2.17 bits per heavy atom. The molecule has 3 rings (SSSR count). The molecular formula is C13H13F2N3O3S2. The summed E-state index contributed by atoms with van der Waals surface area (Å²) in [5.74, 6) is -2.06. The third kappa shape index (κ3) is 3.19. The molecule has 1 saturated heterocycles. The van der Waals surface area contributed by atoms with Crippen LogP contribution in [0.5, 0.6) is 0 Å². The number of anilines is 1. The number of halogens is 2. The maximum absolute atomic E-state index is 13.6. The average molecular weight is 361 g/mol. The molecule has 2 heterocycles. The van der Waals surface area contributed by atoms with Gasteiger partial charge in [0.25, 0.3) is 0 Å². The summed E-state index contributed by atoms with van der Waals surface area (Å²) in [4.78, 5) is 16.2. The second-order valence-corrected chi connectivity index (χ2v) is 8.24. The van der Waals surface area contributed by atoms with Crippen LogP contribution >= 0.6 is 11.3 Å². The van der Waals surface area contributed by atoms with Crippen LogP contribution in [-0.4, -0.2) is 42.5 Å². The molecular weight excluding hydrogens is 348 g/mol. The highest BCUT2D eigenvalue weighted by molar-refractivity contribution is 7.88. The lowest BCUT2D eigenvalue weighted by atomic mass is 10.2. The van der Waals surface area contributed by atoms with Crippen LogP contribution in [0.3, 0.4) is 0 Å². The number of carbonyl (C=O) groups excluding carboxylic acids is 1. The average Bonchev–Trinajstić information content (AvgIpc) is 3.03. The first kappa shape index (κ1) is 16.2. The van der Waals surface area contributed by atoms with Crippen LogP contribution in [0.4, 0.5) is 13.9 Å². The summed E-state index contributed by atoms with van der Waals surface area (Å²) in [6.45, 7) is 0.288. The maximum Gasteiger partial charge on any atom is 0.244 e. The number of sulfonamides is 1. The SMILES string of the molecule is CS(=O)(=O)N1CCC[C@H]1C(=O)Nc1nc2c(F)cc(F)cc2s1. The van der Waals surface area contributed by atoms with Crippen molar-refractivity contribution in [1.29, 1.82) is 0 Å². The molecule has 0 aliphatic carbocycles.